The second-order valence-corrected chi connectivity index (χ2v) is 5.02. The lowest BCUT2D eigenvalue weighted by molar-refractivity contribution is -0.387. The van der Waals surface area contributed by atoms with Gasteiger partial charge in [0.25, 0.3) is 0 Å². The lowest BCUT2D eigenvalue weighted by Crippen LogP contribution is -2.05. The van der Waals surface area contributed by atoms with Crippen LogP contribution in [0.25, 0.3) is 11.5 Å². The first-order valence-electron chi connectivity index (χ1n) is 7.15. The molecule has 0 amide bonds. The summed E-state index contributed by atoms with van der Waals surface area (Å²) in [7, 11) is 0. The Morgan fingerprint density at radius 1 is 1.24 bits per heavy atom. The molecule has 0 radical (unpaired) electrons. The van der Waals surface area contributed by atoms with E-state index >= 15 is 0 Å². The van der Waals surface area contributed by atoms with E-state index in [9.17, 15) is 19.3 Å². The molecule has 0 aliphatic heterocycles. The van der Waals surface area contributed by atoms with Crippen LogP contribution in [0.4, 0.5) is 10.1 Å². The second kappa shape index (κ2) is 6.91. The van der Waals surface area contributed by atoms with Crippen molar-refractivity contribution in [3.63, 3.8) is 0 Å². The summed E-state index contributed by atoms with van der Waals surface area (Å²) in [4.78, 5) is 25.7. The van der Waals surface area contributed by atoms with Crippen LogP contribution in [0.2, 0.25) is 0 Å². The van der Waals surface area contributed by atoms with E-state index in [2.05, 4.69) is 4.98 Å². The molecule has 7 nitrogen and oxygen atoms in total. The number of hydrogen-bond donors (Lipinski definition) is 0. The zero-order valence-corrected chi connectivity index (χ0v) is 12.7. The minimum atomic E-state index is -1.02. The largest absolute Gasteiger partial charge is 0.456 e. The summed E-state index contributed by atoms with van der Waals surface area (Å²) in [5, 5.41) is 10.6. The zero-order valence-electron chi connectivity index (χ0n) is 12.7. The molecule has 0 unspecified atom stereocenters. The van der Waals surface area contributed by atoms with Gasteiger partial charge in [-0.2, -0.15) is 4.39 Å². The molecule has 0 saturated heterocycles. The summed E-state index contributed by atoms with van der Waals surface area (Å²) in [6, 6.07) is 12.3. The van der Waals surface area contributed by atoms with Crippen molar-refractivity contribution in [1.29, 1.82) is 0 Å². The molecule has 3 aromatic rings. The van der Waals surface area contributed by atoms with Crippen molar-refractivity contribution in [2.24, 2.45) is 0 Å². The molecule has 1 heterocycles. The quantitative estimate of drug-likeness (QED) is 0.398. The number of nitro benzene ring substituents is 1. The van der Waals surface area contributed by atoms with E-state index in [0.29, 0.717) is 0 Å². The minimum absolute atomic E-state index is 0.0412. The highest BCUT2D eigenvalue weighted by atomic mass is 19.1. The van der Waals surface area contributed by atoms with Gasteiger partial charge in [0.15, 0.2) is 5.69 Å². The summed E-state index contributed by atoms with van der Waals surface area (Å²) in [6.45, 7) is 0.0774. The van der Waals surface area contributed by atoms with Crippen LogP contribution in [0.15, 0.2) is 59.2 Å². The lowest BCUT2D eigenvalue weighted by atomic mass is 10.2. The molecule has 25 heavy (non-hydrogen) atoms. The highest BCUT2D eigenvalue weighted by Crippen LogP contribution is 2.25. The Kier molecular flexibility index (Phi) is 4.51. The molecule has 0 saturated carbocycles. The molecule has 8 heteroatoms. The Balaban J connectivity index is 1.72. The van der Waals surface area contributed by atoms with Gasteiger partial charge in [-0.15, -0.1) is 0 Å². The summed E-state index contributed by atoms with van der Waals surface area (Å²) in [5.41, 5.74) is 0.254. The van der Waals surface area contributed by atoms with Gasteiger partial charge in [-0.1, -0.05) is 30.3 Å². The number of halogens is 1. The average molecular weight is 342 g/mol. The molecule has 0 aliphatic carbocycles. The Labute approximate surface area is 140 Å². The van der Waals surface area contributed by atoms with Crippen molar-refractivity contribution < 1.29 is 23.3 Å². The van der Waals surface area contributed by atoms with Gasteiger partial charge in [-0.05, 0) is 17.7 Å². The van der Waals surface area contributed by atoms with Crippen molar-refractivity contribution in [2.75, 3.05) is 0 Å². The van der Waals surface area contributed by atoms with Crippen LogP contribution in [-0.2, 0) is 11.3 Å². The van der Waals surface area contributed by atoms with Crippen molar-refractivity contribution in [2.45, 2.75) is 6.61 Å². The monoisotopic (exact) mass is 342 g/mol. The maximum atomic E-state index is 13.7. The maximum Gasteiger partial charge on any atom is 0.360 e. The molecule has 0 fully saturated rings. The number of nitro groups is 1. The number of carbonyl (C=O) groups is 1. The number of oxazole rings is 1. The average Bonchev–Trinajstić information content (AvgIpc) is 3.10. The van der Waals surface area contributed by atoms with Gasteiger partial charge < -0.3 is 9.15 Å². The minimum Gasteiger partial charge on any atom is -0.456 e. The van der Waals surface area contributed by atoms with Gasteiger partial charge in [0.05, 0.1) is 4.92 Å². The number of hydrogen-bond acceptors (Lipinski definition) is 6. The number of nitrogens with zero attached hydrogens (tertiary/aromatic N) is 2. The molecule has 0 aliphatic rings. The van der Waals surface area contributed by atoms with Crippen LogP contribution in [0, 0.1) is 15.9 Å². The van der Waals surface area contributed by atoms with Gasteiger partial charge in [0, 0.05) is 11.6 Å². The third kappa shape index (κ3) is 3.69. The van der Waals surface area contributed by atoms with Crippen LogP contribution >= 0.6 is 0 Å². The standard InChI is InChI=1S/C17H11FN2O5/c18-13-8-12(6-7-15(13)20(22)23)16-19-14(10-24-16)17(21)25-9-11-4-2-1-3-5-11/h1-8,10H,9H2. The van der Waals surface area contributed by atoms with Gasteiger partial charge in [0.2, 0.25) is 11.7 Å². The fourth-order valence-electron chi connectivity index (χ4n) is 2.09. The lowest BCUT2D eigenvalue weighted by Gasteiger charge is -2.02. The third-order valence-corrected chi connectivity index (χ3v) is 3.32. The number of ether oxygens (including phenoxy) is 1. The van der Waals surface area contributed by atoms with Gasteiger partial charge in [-0.3, -0.25) is 10.1 Å². The first kappa shape index (κ1) is 16.3. The topological polar surface area (TPSA) is 95.5 Å². The molecular formula is C17H11FN2O5. The van der Waals surface area contributed by atoms with Crippen molar-refractivity contribution in [3.8, 4) is 11.5 Å². The highest BCUT2D eigenvalue weighted by molar-refractivity contribution is 5.87. The van der Waals surface area contributed by atoms with Crippen molar-refractivity contribution >= 4 is 11.7 Å². The molecule has 0 atom stereocenters. The molecule has 1 aromatic heterocycles. The number of benzene rings is 2. The Morgan fingerprint density at radius 3 is 2.68 bits per heavy atom. The maximum absolute atomic E-state index is 13.7. The second-order valence-electron chi connectivity index (χ2n) is 5.02. The zero-order chi connectivity index (χ0) is 17.8. The smallest absolute Gasteiger partial charge is 0.360 e. The fraction of sp³-hybridized carbons (Fsp3) is 0.0588. The molecule has 2 aromatic carbocycles. The van der Waals surface area contributed by atoms with E-state index in [1.165, 1.54) is 6.07 Å². The Morgan fingerprint density at radius 2 is 2.00 bits per heavy atom. The van der Waals surface area contributed by atoms with E-state index in [4.69, 9.17) is 9.15 Å². The van der Waals surface area contributed by atoms with Crippen LogP contribution in [0.3, 0.4) is 0 Å². The summed E-state index contributed by atoms with van der Waals surface area (Å²) in [6.07, 6.45) is 1.09. The predicted molar refractivity (Wildman–Crippen MR) is 84.1 cm³/mol. The van der Waals surface area contributed by atoms with E-state index in [0.717, 1.165) is 24.0 Å². The summed E-state index contributed by atoms with van der Waals surface area (Å²) >= 11 is 0. The Hall–Kier alpha value is -3.55. The van der Waals surface area contributed by atoms with Gasteiger partial charge >= 0.3 is 11.7 Å². The highest BCUT2D eigenvalue weighted by Gasteiger charge is 2.19. The van der Waals surface area contributed by atoms with Crippen molar-refractivity contribution in [3.05, 3.63) is 82.0 Å². The number of carbonyl (C=O) groups excluding carboxylic acids is 1. The number of rotatable bonds is 5. The number of aromatic nitrogens is 1. The SMILES string of the molecule is O=C(OCc1ccccc1)c1coc(-c2ccc([N+](=O)[O-])c(F)c2)n1. The van der Waals surface area contributed by atoms with Crippen LogP contribution in [0.5, 0.6) is 0 Å². The van der Waals surface area contributed by atoms with Crippen LogP contribution in [0.1, 0.15) is 16.1 Å². The predicted octanol–water partition coefficient (Wildman–Crippen LogP) is 3.75. The van der Waals surface area contributed by atoms with E-state index in [1.54, 1.807) is 12.1 Å². The van der Waals surface area contributed by atoms with E-state index in [1.807, 2.05) is 18.2 Å². The van der Waals surface area contributed by atoms with E-state index < -0.39 is 22.4 Å². The molecule has 0 bridgehead atoms. The summed E-state index contributed by atoms with van der Waals surface area (Å²) in [5.74, 6) is -1.75. The van der Waals surface area contributed by atoms with Crippen molar-refractivity contribution in [1.82, 2.24) is 4.98 Å². The first-order valence-corrected chi connectivity index (χ1v) is 7.15. The van der Waals surface area contributed by atoms with Crippen LogP contribution in [-0.4, -0.2) is 15.9 Å². The van der Waals surface area contributed by atoms with Gasteiger partial charge in [-0.25, -0.2) is 9.78 Å². The molecule has 3 rings (SSSR count). The summed E-state index contributed by atoms with van der Waals surface area (Å²) < 4.78 is 23.9. The normalized spacial score (nSPS) is 10.4. The number of esters is 1. The third-order valence-electron chi connectivity index (χ3n) is 3.32. The first-order chi connectivity index (χ1) is 12.0. The van der Waals surface area contributed by atoms with Crippen LogP contribution < -0.4 is 0 Å². The molecule has 0 spiro atoms. The Bertz CT molecular complexity index is 924. The fourth-order valence-corrected chi connectivity index (χ4v) is 2.09. The molecule has 126 valence electrons. The van der Waals surface area contributed by atoms with Gasteiger partial charge in [0.1, 0.15) is 12.9 Å². The molecular weight excluding hydrogens is 331 g/mol. The molecule has 0 N–H and O–H groups in total. The van der Waals surface area contributed by atoms with E-state index in [-0.39, 0.29) is 23.8 Å².